The lowest BCUT2D eigenvalue weighted by Crippen LogP contribution is -2.14. The molecule has 1 aromatic heterocycles. The summed E-state index contributed by atoms with van der Waals surface area (Å²) in [5.41, 5.74) is 6.31. The van der Waals surface area contributed by atoms with Gasteiger partial charge < -0.3 is 5.73 Å². The maximum absolute atomic E-state index is 13.4. The lowest BCUT2D eigenvalue weighted by Gasteiger charge is -2.11. The minimum absolute atomic E-state index is 0.137. The van der Waals surface area contributed by atoms with Gasteiger partial charge in [-0.2, -0.15) is 0 Å². The summed E-state index contributed by atoms with van der Waals surface area (Å²) < 4.78 is 39.9. The summed E-state index contributed by atoms with van der Waals surface area (Å²) in [6.07, 6.45) is 2.19. The van der Waals surface area contributed by atoms with E-state index in [4.69, 9.17) is 17.3 Å². The lowest BCUT2D eigenvalue weighted by molar-refractivity contribution is 0.598. The van der Waals surface area contributed by atoms with E-state index in [9.17, 15) is 12.8 Å². The predicted octanol–water partition coefficient (Wildman–Crippen LogP) is 2.57. The molecule has 0 aliphatic carbocycles. The Morgan fingerprint density at radius 3 is 2.70 bits per heavy atom. The van der Waals surface area contributed by atoms with Crippen molar-refractivity contribution in [1.29, 1.82) is 0 Å². The van der Waals surface area contributed by atoms with Gasteiger partial charge >= 0.3 is 0 Å². The molecule has 0 aliphatic heterocycles. The Balaban J connectivity index is 2.44. The second kappa shape index (κ2) is 5.26. The molecule has 2 rings (SSSR count). The normalized spacial score (nSPS) is 11.3. The molecule has 3 N–H and O–H groups in total. The number of anilines is 2. The third-order valence-electron chi connectivity index (χ3n) is 2.69. The molecule has 0 unspecified atom stereocenters. The average Bonchev–Trinajstić information content (AvgIpc) is 2.38. The number of sulfonamides is 1. The zero-order chi connectivity index (χ0) is 14.9. The molecule has 0 bridgehead atoms. The van der Waals surface area contributed by atoms with Crippen molar-refractivity contribution in [3.63, 3.8) is 0 Å². The highest BCUT2D eigenvalue weighted by atomic mass is 35.5. The zero-order valence-electron chi connectivity index (χ0n) is 10.4. The number of hydrogen-bond acceptors (Lipinski definition) is 4. The molecule has 0 aliphatic rings. The molecular weight excluding hydrogens is 305 g/mol. The van der Waals surface area contributed by atoms with Gasteiger partial charge in [0, 0.05) is 16.9 Å². The third kappa shape index (κ3) is 2.83. The van der Waals surface area contributed by atoms with Crippen molar-refractivity contribution in [1.82, 2.24) is 4.98 Å². The summed E-state index contributed by atoms with van der Waals surface area (Å²) >= 11 is 5.90. The quantitative estimate of drug-likeness (QED) is 0.852. The first kappa shape index (κ1) is 14.5. The van der Waals surface area contributed by atoms with E-state index in [1.807, 2.05) is 0 Å². The Bertz CT molecular complexity index is 742. The SMILES string of the molecule is Cc1c(N)cc(S(=O)(=O)Nc2ccncc2F)cc1Cl. The number of hydrogen-bond donors (Lipinski definition) is 2. The van der Waals surface area contributed by atoms with E-state index in [1.165, 1.54) is 24.4 Å². The maximum atomic E-state index is 13.4. The van der Waals surface area contributed by atoms with Gasteiger partial charge in [-0.15, -0.1) is 0 Å². The first-order chi connectivity index (χ1) is 9.31. The fraction of sp³-hybridized carbons (Fsp3) is 0.0833. The number of rotatable bonds is 3. The van der Waals surface area contributed by atoms with Crippen molar-refractivity contribution < 1.29 is 12.8 Å². The van der Waals surface area contributed by atoms with E-state index in [0.29, 0.717) is 5.56 Å². The van der Waals surface area contributed by atoms with Crippen LogP contribution in [0.2, 0.25) is 5.02 Å². The highest BCUT2D eigenvalue weighted by molar-refractivity contribution is 7.92. The summed E-state index contributed by atoms with van der Waals surface area (Å²) in [6.45, 7) is 1.67. The van der Waals surface area contributed by atoms with E-state index in [-0.39, 0.29) is 21.3 Å². The van der Waals surface area contributed by atoms with Gasteiger partial charge in [0.25, 0.3) is 10.0 Å². The summed E-state index contributed by atoms with van der Waals surface area (Å²) in [7, 11) is -3.98. The predicted molar refractivity (Wildman–Crippen MR) is 75.6 cm³/mol. The van der Waals surface area contributed by atoms with E-state index in [0.717, 1.165) is 6.20 Å². The number of pyridine rings is 1. The number of benzene rings is 1. The molecule has 5 nitrogen and oxygen atoms in total. The smallest absolute Gasteiger partial charge is 0.262 e. The van der Waals surface area contributed by atoms with Crippen molar-refractivity contribution >= 4 is 33.0 Å². The van der Waals surface area contributed by atoms with Crippen LogP contribution in [-0.4, -0.2) is 13.4 Å². The Hall–Kier alpha value is -1.86. The Morgan fingerprint density at radius 2 is 2.10 bits per heavy atom. The van der Waals surface area contributed by atoms with Crippen LogP contribution in [0.5, 0.6) is 0 Å². The second-order valence-electron chi connectivity index (χ2n) is 4.08. The van der Waals surface area contributed by atoms with Gasteiger partial charge in [-0.1, -0.05) is 11.6 Å². The maximum Gasteiger partial charge on any atom is 0.262 e. The fourth-order valence-corrected chi connectivity index (χ4v) is 2.91. The number of nitrogen functional groups attached to an aromatic ring is 1. The molecule has 2 aromatic rings. The number of nitrogens with zero attached hydrogens (tertiary/aromatic N) is 1. The molecule has 0 fully saturated rings. The van der Waals surface area contributed by atoms with Gasteiger partial charge in [0.2, 0.25) is 0 Å². The number of nitrogens with one attached hydrogen (secondary N) is 1. The summed E-state index contributed by atoms with van der Waals surface area (Å²) in [6, 6.07) is 3.74. The monoisotopic (exact) mass is 315 g/mol. The second-order valence-corrected chi connectivity index (χ2v) is 6.17. The molecule has 0 spiro atoms. The largest absolute Gasteiger partial charge is 0.398 e. The number of aromatic nitrogens is 1. The first-order valence-electron chi connectivity index (χ1n) is 5.49. The van der Waals surface area contributed by atoms with Crippen molar-refractivity contribution in [2.75, 3.05) is 10.5 Å². The van der Waals surface area contributed by atoms with Gasteiger partial charge in [0.15, 0.2) is 5.82 Å². The van der Waals surface area contributed by atoms with Crippen LogP contribution in [0, 0.1) is 12.7 Å². The van der Waals surface area contributed by atoms with E-state index in [2.05, 4.69) is 9.71 Å². The fourth-order valence-electron chi connectivity index (χ4n) is 1.49. The molecule has 8 heteroatoms. The molecule has 0 saturated carbocycles. The highest BCUT2D eigenvalue weighted by Crippen LogP contribution is 2.27. The van der Waals surface area contributed by atoms with Gasteiger partial charge in [0.05, 0.1) is 16.8 Å². The average molecular weight is 316 g/mol. The molecule has 0 saturated heterocycles. The summed E-state index contributed by atoms with van der Waals surface area (Å²) in [5, 5.41) is 0.223. The van der Waals surface area contributed by atoms with Crippen LogP contribution in [0.15, 0.2) is 35.5 Å². The van der Waals surface area contributed by atoms with Crippen molar-refractivity contribution in [2.45, 2.75) is 11.8 Å². The van der Waals surface area contributed by atoms with Gasteiger partial charge in [-0.3, -0.25) is 9.71 Å². The van der Waals surface area contributed by atoms with Crippen LogP contribution in [0.1, 0.15) is 5.56 Å². The van der Waals surface area contributed by atoms with Crippen LogP contribution in [0.3, 0.4) is 0 Å². The standard InChI is InChI=1S/C12H11ClFN3O2S/c1-7-9(13)4-8(5-11(7)15)20(18,19)17-12-2-3-16-6-10(12)14/h2-6H,15H2,1H3,(H,16,17). The molecule has 1 heterocycles. The van der Waals surface area contributed by atoms with Gasteiger partial charge in [-0.25, -0.2) is 12.8 Å². The topological polar surface area (TPSA) is 85.1 Å². The van der Waals surface area contributed by atoms with Crippen LogP contribution >= 0.6 is 11.6 Å². The van der Waals surface area contributed by atoms with Crippen molar-refractivity contribution in [3.05, 3.63) is 47.0 Å². The Morgan fingerprint density at radius 1 is 1.40 bits per heavy atom. The van der Waals surface area contributed by atoms with E-state index in [1.54, 1.807) is 6.92 Å². The molecule has 106 valence electrons. The molecule has 0 amide bonds. The number of halogens is 2. The van der Waals surface area contributed by atoms with Crippen molar-refractivity contribution in [3.8, 4) is 0 Å². The molecule has 0 atom stereocenters. The Kier molecular flexibility index (Phi) is 3.82. The van der Waals surface area contributed by atoms with Crippen LogP contribution in [0.25, 0.3) is 0 Å². The summed E-state index contributed by atoms with van der Waals surface area (Å²) in [5.74, 6) is -0.776. The van der Waals surface area contributed by atoms with Crippen LogP contribution in [0.4, 0.5) is 15.8 Å². The highest BCUT2D eigenvalue weighted by Gasteiger charge is 2.18. The molecule has 20 heavy (non-hydrogen) atoms. The number of nitrogens with two attached hydrogens (primary N) is 1. The Labute approximate surface area is 120 Å². The van der Waals surface area contributed by atoms with Gasteiger partial charge in [0.1, 0.15) is 0 Å². The minimum Gasteiger partial charge on any atom is -0.398 e. The molecule has 1 aromatic carbocycles. The minimum atomic E-state index is -3.98. The lowest BCUT2D eigenvalue weighted by atomic mass is 10.2. The first-order valence-corrected chi connectivity index (χ1v) is 7.35. The van der Waals surface area contributed by atoms with E-state index >= 15 is 0 Å². The van der Waals surface area contributed by atoms with Crippen molar-refractivity contribution in [2.24, 2.45) is 0 Å². The molecular formula is C12H11ClFN3O2S. The summed E-state index contributed by atoms with van der Waals surface area (Å²) in [4.78, 5) is 3.40. The van der Waals surface area contributed by atoms with E-state index < -0.39 is 15.8 Å². The molecule has 0 radical (unpaired) electrons. The van der Waals surface area contributed by atoms with Gasteiger partial charge in [-0.05, 0) is 30.7 Å². The zero-order valence-corrected chi connectivity index (χ0v) is 12.0. The van der Waals surface area contributed by atoms with Crippen LogP contribution in [-0.2, 0) is 10.0 Å². The third-order valence-corrected chi connectivity index (χ3v) is 4.42. The van der Waals surface area contributed by atoms with Crippen LogP contribution < -0.4 is 10.5 Å².